The Hall–Kier alpha value is -3.54. The second kappa shape index (κ2) is 10.8. The Morgan fingerprint density at radius 1 is 1.27 bits per heavy atom. The van der Waals surface area contributed by atoms with Crippen LogP contribution in [0.4, 0.5) is 5.69 Å². The van der Waals surface area contributed by atoms with Crippen molar-refractivity contribution in [3.63, 3.8) is 0 Å². The third kappa shape index (κ3) is 5.29. The molecule has 0 bridgehead atoms. The molecular weight excluding hydrogens is 512 g/mol. The maximum Gasteiger partial charge on any atom is 0.311 e. The molecule has 37 heavy (non-hydrogen) atoms. The van der Waals surface area contributed by atoms with Gasteiger partial charge in [0, 0.05) is 18.2 Å². The standard InChI is InChI=1S/C26H24N4O5S2/c1-2-34-23-11-10-17(13-22(23)30(32)33)21-14-19(29(27-21)18-7-4-3-5-8-18)15-24-25(31)28(26(36)37-24)16-20-9-6-12-35-20/h3-5,7-8,10-11,13-15,20H,2,6,9,12,16H2,1H3/b24-15+/t20-/m1/s1. The molecule has 11 heteroatoms. The summed E-state index contributed by atoms with van der Waals surface area (Å²) in [5.41, 5.74) is 2.39. The third-order valence-corrected chi connectivity index (χ3v) is 7.43. The molecule has 3 aromatic rings. The Morgan fingerprint density at radius 3 is 2.78 bits per heavy atom. The first kappa shape index (κ1) is 25.1. The fourth-order valence-corrected chi connectivity index (χ4v) is 5.56. The van der Waals surface area contributed by atoms with E-state index in [1.807, 2.05) is 30.3 Å². The van der Waals surface area contributed by atoms with Gasteiger partial charge in [0.1, 0.15) is 4.32 Å². The molecule has 3 heterocycles. The van der Waals surface area contributed by atoms with Crippen molar-refractivity contribution in [3.8, 4) is 22.7 Å². The van der Waals surface area contributed by atoms with Crippen molar-refractivity contribution < 1.29 is 19.2 Å². The van der Waals surface area contributed by atoms with Crippen LogP contribution in [0.15, 0.2) is 59.5 Å². The highest BCUT2D eigenvalue weighted by Crippen LogP contribution is 2.36. The Balaban J connectivity index is 1.53. The highest BCUT2D eigenvalue weighted by atomic mass is 32.2. The minimum atomic E-state index is -0.469. The summed E-state index contributed by atoms with van der Waals surface area (Å²) in [6, 6.07) is 16.1. The van der Waals surface area contributed by atoms with Crippen LogP contribution in [-0.2, 0) is 9.53 Å². The van der Waals surface area contributed by atoms with E-state index in [4.69, 9.17) is 26.8 Å². The molecule has 1 aromatic heterocycles. The van der Waals surface area contributed by atoms with Gasteiger partial charge in [-0.2, -0.15) is 5.10 Å². The van der Waals surface area contributed by atoms with Gasteiger partial charge in [-0.15, -0.1) is 0 Å². The number of benzene rings is 2. The first-order valence-electron chi connectivity index (χ1n) is 11.9. The Kier molecular flexibility index (Phi) is 7.36. The zero-order chi connectivity index (χ0) is 25.9. The Morgan fingerprint density at radius 2 is 2.08 bits per heavy atom. The maximum absolute atomic E-state index is 13.2. The summed E-state index contributed by atoms with van der Waals surface area (Å²) in [4.78, 5) is 26.5. The second-order valence-corrected chi connectivity index (χ2v) is 10.2. The lowest BCUT2D eigenvalue weighted by Crippen LogP contribution is -2.35. The number of carbonyl (C=O) groups is 1. The summed E-state index contributed by atoms with van der Waals surface area (Å²) in [5.74, 6) is 0.0402. The molecule has 0 N–H and O–H groups in total. The van der Waals surface area contributed by atoms with E-state index in [9.17, 15) is 14.9 Å². The van der Waals surface area contributed by atoms with Crippen LogP contribution in [0.2, 0.25) is 0 Å². The topological polar surface area (TPSA) is 99.7 Å². The number of thioether (sulfide) groups is 1. The molecule has 2 aromatic carbocycles. The van der Waals surface area contributed by atoms with Gasteiger partial charge in [-0.1, -0.05) is 42.2 Å². The van der Waals surface area contributed by atoms with Crippen molar-refractivity contribution in [2.24, 2.45) is 0 Å². The lowest BCUT2D eigenvalue weighted by Gasteiger charge is -2.18. The molecule has 190 valence electrons. The normalized spacial score (nSPS) is 18.7. The fourth-order valence-electron chi connectivity index (χ4n) is 4.30. The molecule has 0 aliphatic carbocycles. The van der Waals surface area contributed by atoms with Crippen molar-refractivity contribution >= 4 is 46.0 Å². The average Bonchev–Trinajstić information content (AvgIpc) is 3.62. The van der Waals surface area contributed by atoms with E-state index >= 15 is 0 Å². The van der Waals surface area contributed by atoms with Gasteiger partial charge in [-0.25, -0.2) is 4.68 Å². The second-order valence-electron chi connectivity index (χ2n) is 8.50. The molecule has 0 saturated carbocycles. The van der Waals surface area contributed by atoms with Gasteiger partial charge in [0.25, 0.3) is 5.91 Å². The van der Waals surface area contributed by atoms with Crippen molar-refractivity contribution in [3.05, 3.63) is 75.3 Å². The summed E-state index contributed by atoms with van der Waals surface area (Å²) in [6.45, 7) is 3.24. The zero-order valence-corrected chi connectivity index (χ0v) is 21.7. The van der Waals surface area contributed by atoms with Gasteiger partial charge in [0.15, 0.2) is 5.75 Å². The van der Waals surface area contributed by atoms with Crippen LogP contribution in [0.1, 0.15) is 25.5 Å². The molecule has 0 radical (unpaired) electrons. The molecule has 5 rings (SSSR count). The number of hydrogen-bond donors (Lipinski definition) is 0. The minimum Gasteiger partial charge on any atom is -0.487 e. The van der Waals surface area contributed by atoms with Crippen LogP contribution in [0, 0.1) is 10.1 Å². The van der Waals surface area contributed by atoms with Gasteiger partial charge >= 0.3 is 5.69 Å². The van der Waals surface area contributed by atoms with Gasteiger partial charge in [0.05, 0.1) is 46.2 Å². The first-order valence-corrected chi connectivity index (χ1v) is 13.1. The summed E-state index contributed by atoms with van der Waals surface area (Å²) >= 11 is 6.75. The van der Waals surface area contributed by atoms with Crippen molar-refractivity contribution in [2.45, 2.75) is 25.9 Å². The maximum atomic E-state index is 13.2. The molecule has 0 unspecified atom stereocenters. The molecular formula is C26H24N4O5S2. The summed E-state index contributed by atoms with van der Waals surface area (Å²) in [7, 11) is 0. The molecule has 2 fully saturated rings. The fraction of sp³-hybridized carbons (Fsp3) is 0.269. The van der Waals surface area contributed by atoms with Gasteiger partial charge in [-0.3, -0.25) is 19.8 Å². The number of nitrogens with zero attached hydrogens (tertiary/aromatic N) is 4. The Labute approximate surface area is 223 Å². The molecule has 1 atom stereocenters. The quantitative estimate of drug-likeness (QED) is 0.167. The largest absolute Gasteiger partial charge is 0.487 e. The van der Waals surface area contributed by atoms with Crippen LogP contribution < -0.4 is 4.74 Å². The molecule has 1 amide bonds. The van der Waals surface area contributed by atoms with Crippen molar-refractivity contribution in [1.29, 1.82) is 0 Å². The highest BCUT2D eigenvalue weighted by Gasteiger charge is 2.35. The van der Waals surface area contributed by atoms with Gasteiger partial charge in [-0.05, 0) is 56.2 Å². The lowest BCUT2D eigenvalue weighted by atomic mass is 10.1. The average molecular weight is 537 g/mol. The predicted molar refractivity (Wildman–Crippen MR) is 146 cm³/mol. The zero-order valence-electron chi connectivity index (χ0n) is 20.0. The SMILES string of the molecule is CCOc1ccc(-c2cc(/C=C3/SC(=S)N(C[C@H]4CCCO4)C3=O)n(-c3ccccc3)n2)cc1[N+](=O)[O-]. The number of rotatable bonds is 8. The number of aromatic nitrogens is 2. The van der Waals surface area contributed by atoms with E-state index in [1.54, 1.807) is 40.8 Å². The summed E-state index contributed by atoms with van der Waals surface area (Å²) in [5, 5.41) is 16.4. The number of para-hydroxylation sites is 1. The van der Waals surface area contributed by atoms with Crippen LogP contribution >= 0.6 is 24.0 Å². The molecule has 9 nitrogen and oxygen atoms in total. The number of amides is 1. The number of nitro benzene ring substituents is 1. The van der Waals surface area contributed by atoms with Crippen molar-refractivity contribution in [1.82, 2.24) is 14.7 Å². The van der Waals surface area contributed by atoms with E-state index in [1.165, 1.54) is 17.8 Å². The van der Waals surface area contributed by atoms with Crippen molar-refractivity contribution in [2.75, 3.05) is 19.8 Å². The number of ether oxygens (including phenoxy) is 2. The van der Waals surface area contributed by atoms with E-state index in [0.717, 1.165) is 18.5 Å². The van der Waals surface area contributed by atoms with Gasteiger partial charge < -0.3 is 9.47 Å². The monoisotopic (exact) mass is 536 g/mol. The first-order chi connectivity index (χ1) is 17.9. The van der Waals surface area contributed by atoms with E-state index in [2.05, 4.69) is 0 Å². The molecule has 0 spiro atoms. The van der Waals surface area contributed by atoms with Crippen LogP contribution in [0.25, 0.3) is 23.0 Å². The van der Waals surface area contributed by atoms with Gasteiger partial charge in [0.2, 0.25) is 0 Å². The Bertz CT molecular complexity index is 1380. The van der Waals surface area contributed by atoms with Crippen LogP contribution in [0.5, 0.6) is 5.75 Å². The van der Waals surface area contributed by atoms with Crippen LogP contribution in [-0.4, -0.2) is 55.7 Å². The third-order valence-electron chi connectivity index (χ3n) is 6.05. The molecule has 2 aliphatic rings. The number of nitro groups is 1. The number of carbonyl (C=O) groups excluding carboxylic acids is 1. The molecule has 2 aliphatic heterocycles. The highest BCUT2D eigenvalue weighted by molar-refractivity contribution is 8.26. The lowest BCUT2D eigenvalue weighted by molar-refractivity contribution is -0.385. The number of hydrogen-bond acceptors (Lipinski definition) is 8. The smallest absolute Gasteiger partial charge is 0.311 e. The van der Waals surface area contributed by atoms with E-state index < -0.39 is 4.92 Å². The van der Waals surface area contributed by atoms with E-state index in [0.29, 0.717) is 45.9 Å². The predicted octanol–water partition coefficient (Wildman–Crippen LogP) is 5.23. The molecule has 2 saturated heterocycles. The summed E-state index contributed by atoms with van der Waals surface area (Å²) in [6.07, 6.45) is 3.66. The van der Waals surface area contributed by atoms with E-state index in [-0.39, 0.29) is 23.4 Å². The summed E-state index contributed by atoms with van der Waals surface area (Å²) < 4.78 is 13.3. The minimum absolute atomic E-state index is 0.00116. The van der Waals surface area contributed by atoms with Crippen LogP contribution in [0.3, 0.4) is 0 Å². The number of thiocarbonyl (C=S) groups is 1.